The Balaban J connectivity index is 1.48. The summed E-state index contributed by atoms with van der Waals surface area (Å²) in [6.45, 7) is 4.94. The second-order valence-electron chi connectivity index (χ2n) is 6.45. The number of hydrogen-bond acceptors (Lipinski definition) is 4. The molecule has 0 spiro atoms. The third-order valence-electron chi connectivity index (χ3n) is 4.73. The number of furan rings is 1. The molecule has 2 fully saturated rings. The van der Waals surface area contributed by atoms with Crippen LogP contribution in [-0.2, 0) is 4.74 Å². The summed E-state index contributed by atoms with van der Waals surface area (Å²) in [7, 11) is 0. The summed E-state index contributed by atoms with van der Waals surface area (Å²) in [6.07, 6.45) is 6.45. The number of carbonyl (C=O) groups excluding carboxylic acids is 1. The van der Waals surface area contributed by atoms with E-state index in [2.05, 4.69) is 15.5 Å². The molecule has 2 N–H and O–H groups in total. The van der Waals surface area contributed by atoms with Gasteiger partial charge in [0.15, 0.2) is 0 Å². The normalized spacial score (nSPS) is 23.6. The van der Waals surface area contributed by atoms with E-state index >= 15 is 0 Å². The van der Waals surface area contributed by atoms with Gasteiger partial charge in [-0.15, -0.1) is 0 Å². The van der Waals surface area contributed by atoms with Gasteiger partial charge < -0.3 is 19.8 Å². The number of nitrogens with zero attached hydrogens (tertiary/aromatic N) is 1. The number of piperidine rings is 1. The zero-order valence-corrected chi connectivity index (χ0v) is 13.6. The van der Waals surface area contributed by atoms with Gasteiger partial charge in [0.1, 0.15) is 5.76 Å². The van der Waals surface area contributed by atoms with E-state index in [1.807, 2.05) is 12.1 Å². The summed E-state index contributed by atoms with van der Waals surface area (Å²) in [4.78, 5) is 14.5. The van der Waals surface area contributed by atoms with Gasteiger partial charge in [-0.2, -0.15) is 0 Å². The van der Waals surface area contributed by atoms with Crippen LogP contribution >= 0.6 is 0 Å². The first-order valence-corrected chi connectivity index (χ1v) is 8.70. The van der Waals surface area contributed by atoms with Crippen molar-refractivity contribution < 1.29 is 13.9 Å². The molecule has 0 saturated carbocycles. The van der Waals surface area contributed by atoms with Crippen LogP contribution in [0.4, 0.5) is 4.79 Å². The van der Waals surface area contributed by atoms with E-state index < -0.39 is 0 Å². The molecule has 0 bridgehead atoms. The molecule has 3 heterocycles. The predicted molar refractivity (Wildman–Crippen MR) is 87.2 cm³/mol. The lowest BCUT2D eigenvalue weighted by Crippen LogP contribution is -2.44. The minimum absolute atomic E-state index is 0.106. The van der Waals surface area contributed by atoms with Crippen molar-refractivity contribution in [1.29, 1.82) is 0 Å². The standard InChI is InChI=1S/C17H27N3O3/c21-17(18-11-14-6-10-22-13-14)19-12-15(16-5-4-9-23-16)20-7-2-1-3-8-20/h4-5,9,14-15H,1-3,6-8,10-13H2,(H2,18,19,21)/t14-,15+/m0/s1. The first-order valence-electron chi connectivity index (χ1n) is 8.70. The van der Waals surface area contributed by atoms with Crippen LogP contribution < -0.4 is 10.6 Å². The quantitative estimate of drug-likeness (QED) is 0.842. The average Bonchev–Trinajstić information content (AvgIpc) is 3.28. The maximum atomic E-state index is 12.0. The molecule has 0 unspecified atom stereocenters. The van der Waals surface area contributed by atoms with Crippen LogP contribution in [0.25, 0.3) is 0 Å². The highest BCUT2D eigenvalue weighted by Gasteiger charge is 2.25. The SMILES string of the molecule is O=C(NC[C@@H]1CCOC1)NC[C@H](c1ccco1)N1CCCCC1. The molecule has 2 aliphatic heterocycles. The Labute approximate surface area is 137 Å². The second kappa shape index (κ2) is 8.36. The number of ether oxygens (including phenoxy) is 1. The molecule has 2 atom stereocenters. The monoisotopic (exact) mass is 321 g/mol. The molecular formula is C17H27N3O3. The number of amides is 2. The lowest BCUT2D eigenvalue weighted by molar-refractivity contribution is 0.143. The van der Waals surface area contributed by atoms with Gasteiger partial charge in [-0.3, -0.25) is 4.90 Å². The van der Waals surface area contributed by atoms with Crippen LogP contribution in [0.3, 0.4) is 0 Å². The molecule has 0 aromatic carbocycles. The Hall–Kier alpha value is -1.53. The van der Waals surface area contributed by atoms with E-state index in [-0.39, 0.29) is 12.1 Å². The Morgan fingerprint density at radius 1 is 1.30 bits per heavy atom. The fraction of sp³-hybridized carbons (Fsp3) is 0.706. The van der Waals surface area contributed by atoms with Crippen molar-refractivity contribution in [3.63, 3.8) is 0 Å². The number of nitrogens with one attached hydrogen (secondary N) is 2. The van der Waals surface area contributed by atoms with Crippen molar-refractivity contribution in [2.75, 3.05) is 39.4 Å². The van der Waals surface area contributed by atoms with Crippen molar-refractivity contribution in [2.45, 2.75) is 31.7 Å². The van der Waals surface area contributed by atoms with Crippen molar-refractivity contribution in [3.05, 3.63) is 24.2 Å². The largest absolute Gasteiger partial charge is 0.468 e. The Morgan fingerprint density at radius 3 is 2.87 bits per heavy atom. The number of carbonyl (C=O) groups is 1. The Morgan fingerprint density at radius 2 is 2.17 bits per heavy atom. The highest BCUT2D eigenvalue weighted by atomic mass is 16.5. The summed E-state index contributed by atoms with van der Waals surface area (Å²) >= 11 is 0. The van der Waals surface area contributed by atoms with Gasteiger partial charge in [0.2, 0.25) is 0 Å². The van der Waals surface area contributed by atoms with Crippen molar-refractivity contribution >= 4 is 6.03 Å². The van der Waals surface area contributed by atoms with E-state index in [9.17, 15) is 4.79 Å². The molecule has 2 amide bonds. The topological polar surface area (TPSA) is 66.7 Å². The van der Waals surface area contributed by atoms with Crippen molar-refractivity contribution in [1.82, 2.24) is 15.5 Å². The summed E-state index contributed by atoms with van der Waals surface area (Å²) in [5.41, 5.74) is 0. The molecule has 1 aromatic rings. The fourth-order valence-corrected chi connectivity index (χ4v) is 3.35. The lowest BCUT2D eigenvalue weighted by Gasteiger charge is -2.33. The van der Waals surface area contributed by atoms with E-state index in [0.717, 1.165) is 38.5 Å². The van der Waals surface area contributed by atoms with Gasteiger partial charge in [0, 0.05) is 25.6 Å². The minimum Gasteiger partial charge on any atom is -0.468 e. The molecule has 0 radical (unpaired) electrons. The number of urea groups is 1. The number of likely N-dealkylation sites (tertiary alicyclic amines) is 1. The number of rotatable bonds is 6. The van der Waals surface area contributed by atoms with Gasteiger partial charge >= 0.3 is 6.03 Å². The second-order valence-corrected chi connectivity index (χ2v) is 6.45. The molecule has 0 aliphatic carbocycles. The van der Waals surface area contributed by atoms with Crippen molar-refractivity contribution in [2.24, 2.45) is 5.92 Å². The predicted octanol–water partition coefficient (Wildman–Crippen LogP) is 2.14. The fourth-order valence-electron chi connectivity index (χ4n) is 3.35. The van der Waals surface area contributed by atoms with Crippen molar-refractivity contribution in [3.8, 4) is 0 Å². The summed E-state index contributed by atoms with van der Waals surface area (Å²) in [5, 5.41) is 5.95. The Kier molecular flexibility index (Phi) is 5.93. The van der Waals surface area contributed by atoms with Crippen LogP contribution in [0, 0.1) is 5.92 Å². The molecule has 1 aromatic heterocycles. The maximum absolute atomic E-state index is 12.0. The van der Waals surface area contributed by atoms with Gasteiger partial charge in [-0.05, 0) is 44.5 Å². The van der Waals surface area contributed by atoms with Gasteiger partial charge in [-0.25, -0.2) is 4.79 Å². The summed E-state index contributed by atoms with van der Waals surface area (Å²) in [6, 6.07) is 3.91. The number of hydrogen-bond donors (Lipinski definition) is 2. The first kappa shape index (κ1) is 16.3. The highest BCUT2D eigenvalue weighted by Crippen LogP contribution is 2.24. The van der Waals surface area contributed by atoms with Crippen LogP contribution in [0.5, 0.6) is 0 Å². The van der Waals surface area contributed by atoms with E-state index in [4.69, 9.17) is 9.15 Å². The third-order valence-corrected chi connectivity index (χ3v) is 4.73. The molecular weight excluding hydrogens is 294 g/mol. The van der Waals surface area contributed by atoms with Crippen LogP contribution in [0.1, 0.15) is 37.5 Å². The minimum atomic E-state index is -0.106. The molecule has 2 aliphatic rings. The van der Waals surface area contributed by atoms with Gasteiger partial charge in [-0.1, -0.05) is 6.42 Å². The van der Waals surface area contributed by atoms with Gasteiger partial charge in [0.25, 0.3) is 0 Å². The van der Waals surface area contributed by atoms with Crippen LogP contribution in [0.15, 0.2) is 22.8 Å². The lowest BCUT2D eigenvalue weighted by atomic mass is 10.1. The zero-order valence-electron chi connectivity index (χ0n) is 13.6. The maximum Gasteiger partial charge on any atom is 0.314 e. The zero-order chi connectivity index (χ0) is 15.9. The van der Waals surface area contributed by atoms with Gasteiger partial charge in [0.05, 0.1) is 18.9 Å². The van der Waals surface area contributed by atoms with E-state index in [1.54, 1.807) is 6.26 Å². The van der Waals surface area contributed by atoms with Crippen LogP contribution in [-0.4, -0.2) is 50.3 Å². The third kappa shape index (κ3) is 4.72. The van der Waals surface area contributed by atoms with E-state index in [1.165, 1.54) is 19.3 Å². The summed E-state index contributed by atoms with van der Waals surface area (Å²) < 4.78 is 10.9. The average molecular weight is 321 g/mol. The molecule has 6 nitrogen and oxygen atoms in total. The Bertz CT molecular complexity index is 465. The molecule has 3 rings (SSSR count). The summed E-state index contributed by atoms with van der Waals surface area (Å²) in [5.74, 6) is 1.38. The molecule has 6 heteroatoms. The van der Waals surface area contributed by atoms with Crippen LogP contribution in [0.2, 0.25) is 0 Å². The first-order chi connectivity index (χ1) is 11.3. The highest BCUT2D eigenvalue weighted by molar-refractivity contribution is 5.73. The molecule has 23 heavy (non-hydrogen) atoms. The molecule has 128 valence electrons. The smallest absolute Gasteiger partial charge is 0.314 e. The molecule has 2 saturated heterocycles. The van der Waals surface area contributed by atoms with E-state index in [0.29, 0.717) is 19.0 Å².